The third-order valence-electron chi connectivity index (χ3n) is 11.8. The number of aromatic nitrogens is 6. The van der Waals surface area contributed by atoms with Crippen LogP contribution in [0.15, 0.2) is 140 Å². The van der Waals surface area contributed by atoms with E-state index in [1.54, 1.807) is 18.4 Å². The Morgan fingerprint density at radius 3 is 1.88 bits per heavy atom. The number of esters is 1. The molecule has 1 N–H and O–H groups in total. The van der Waals surface area contributed by atoms with Gasteiger partial charge in [0.2, 0.25) is 6.29 Å². The first kappa shape index (κ1) is 43.7. The van der Waals surface area contributed by atoms with E-state index in [2.05, 4.69) is 47.7 Å². The number of ether oxygens (including phenoxy) is 3. The number of hydrogen-bond acceptors (Lipinski definition) is 10. The smallest absolute Gasteiger partial charge is 0.431 e. The zero-order valence-corrected chi connectivity index (χ0v) is 36.8. The summed E-state index contributed by atoms with van der Waals surface area (Å²) in [5.41, 5.74) is 4.44. The van der Waals surface area contributed by atoms with Gasteiger partial charge in [-0.1, -0.05) is 153 Å². The summed E-state index contributed by atoms with van der Waals surface area (Å²) < 4.78 is 20.3. The molecule has 1 saturated carbocycles. The molecule has 0 spiro atoms. The molecule has 328 valence electrons. The van der Waals surface area contributed by atoms with Gasteiger partial charge < -0.3 is 23.9 Å². The predicted octanol–water partition coefficient (Wildman–Crippen LogP) is 10.3. The van der Waals surface area contributed by atoms with Gasteiger partial charge in [-0.15, -0.1) is 5.10 Å². The van der Waals surface area contributed by atoms with E-state index in [4.69, 9.17) is 29.5 Å². The van der Waals surface area contributed by atoms with Gasteiger partial charge in [0.15, 0.2) is 11.5 Å². The fraction of sp³-hybridized carbons (Fsp3) is 0.308. The second-order valence-electron chi connectivity index (χ2n) is 16.8. The van der Waals surface area contributed by atoms with Crippen LogP contribution in [0, 0.1) is 0 Å². The van der Waals surface area contributed by atoms with Crippen molar-refractivity contribution in [1.29, 1.82) is 0 Å². The molecule has 0 amide bonds. The number of benzene rings is 5. The van der Waals surface area contributed by atoms with Crippen LogP contribution in [0.3, 0.4) is 0 Å². The van der Waals surface area contributed by atoms with Crippen LogP contribution < -0.4 is 0 Å². The third-order valence-corrected chi connectivity index (χ3v) is 11.8. The van der Waals surface area contributed by atoms with Crippen LogP contribution in [0.2, 0.25) is 0 Å². The molecule has 12 heteroatoms. The van der Waals surface area contributed by atoms with Crippen molar-refractivity contribution in [1.82, 2.24) is 29.8 Å². The minimum atomic E-state index is -1.48. The lowest BCUT2D eigenvalue weighted by Crippen LogP contribution is -2.39. The SMILES string of the molecule is CCCc1nc(C(C)(C)O)c(C(=O)OC(C)OC(=O)OC2CCCCC2)n1Cc1ccc(-c2ccccc2-c2nnnn2C(c2ccccc2)(c2ccccc2)c2ccccc2)cc1. The largest absolute Gasteiger partial charge is 0.511 e. The number of carbonyl (C=O) groups is 2. The van der Waals surface area contributed by atoms with Gasteiger partial charge >= 0.3 is 12.1 Å². The summed E-state index contributed by atoms with van der Waals surface area (Å²) >= 11 is 0. The number of aryl methyl sites for hydroxylation is 1. The Morgan fingerprint density at radius 2 is 1.31 bits per heavy atom. The summed E-state index contributed by atoms with van der Waals surface area (Å²) in [6.07, 6.45) is 3.63. The van der Waals surface area contributed by atoms with Crippen LogP contribution in [-0.4, -0.2) is 59.4 Å². The molecule has 12 nitrogen and oxygen atoms in total. The first-order chi connectivity index (χ1) is 31.1. The van der Waals surface area contributed by atoms with Gasteiger partial charge in [-0.3, -0.25) is 0 Å². The van der Waals surface area contributed by atoms with Gasteiger partial charge in [-0.2, -0.15) is 0 Å². The first-order valence-electron chi connectivity index (χ1n) is 22.1. The molecule has 1 fully saturated rings. The summed E-state index contributed by atoms with van der Waals surface area (Å²) in [7, 11) is 0. The van der Waals surface area contributed by atoms with E-state index in [1.165, 1.54) is 6.92 Å². The summed E-state index contributed by atoms with van der Waals surface area (Å²) in [5.74, 6) is 0.434. The van der Waals surface area contributed by atoms with Crippen LogP contribution in [0.5, 0.6) is 0 Å². The lowest BCUT2D eigenvalue weighted by molar-refractivity contribution is -0.0921. The average molecular weight is 859 g/mol. The number of rotatable bonds is 15. The predicted molar refractivity (Wildman–Crippen MR) is 243 cm³/mol. The van der Waals surface area contributed by atoms with Crippen molar-refractivity contribution in [3.05, 3.63) is 179 Å². The average Bonchev–Trinajstić information content (AvgIpc) is 3.94. The zero-order chi connectivity index (χ0) is 44.7. The number of tetrazole rings is 1. The molecule has 8 rings (SSSR count). The van der Waals surface area contributed by atoms with Crippen LogP contribution in [-0.2, 0) is 38.3 Å². The molecule has 0 saturated heterocycles. The fourth-order valence-electron chi connectivity index (χ4n) is 8.82. The van der Waals surface area contributed by atoms with E-state index in [9.17, 15) is 14.7 Å². The number of hydrogen-bond donors (Lipinski definition) is 1. The van der Waals surface area contributed by atoms with Crippen molar-refractivity contribution in [3.8, 4) is 22.5 Å². The van der Waals surface area contributed by atoms with Crippen molar-refractivity contribution in [2.24, 2.45) is 0 Å². The minimum absolute atomic E-state index is 0.0899. The van der Waals surface area contributed by atoms with E-state index in [-0.39, 0.29) is 24.0 Å². The highest BCUT2D eigenvalue weighted by Crippen LogP contribution is 2.43. The van der Waals surface area contributed by atoms with Gasteiger partial charge in [0.05, 0.1) is 0 Å². The number of carbonyl (C=O) groups excluding carboxylic acids is 2. The maximum absolute atomic E-state index is 14.0. The molecule has 1 atom stereocenters. The highest BCUT2D eigenvalue weighted by molar-refractivity contribution is 5.89. The Hall–Kier alpha value is -6.92. The van der Waals surface area contributed by atoms with E-state index < -0.39 is 29.6 Å². The van der Waals surface area contributed by atoms with Crippen molar-refractivity contribution in [2.75, 3.05) is 0 Å². The van der Waals surface area contributed by atoms with Crippen molar-refractivity contribution in [3.63, 3.8) is 0 Å². The molecule has 7 aromatic rings. The quantitative estimate of drug-likeness (QED) is 0.0601. The van der Waals surface area contributed by atoms with Crippen LogP contribution in [0.4, 0.5) is 4.79 Å². The number of nitrogens with zero attached hydrogens (tertiary/aromatic N) is 6. The van der Waals surface area contributed by atoms with Gasteiger partial charge in [0.1, 0.15) is 28.8 Å². The van der Waals surface area contributed by atoms with Crippen LogP contribution in [0.1, 0.15) is 110 Å². The first-order valence-corrected chi connectivity index (χ1v) is 22.1. The molecule has 1 aliphatic rings. The Bertz CT molecular complexity index is 2550. The molecule has 1 unspecified atom stereocenters. The van der Waals surface area contributed by atoms with Crippen LogP contribution in [0.25, 0.3) is 22.5 Å². The molecular weight excluding hydrogens is 805 g/mol. The van der Waals surface area contributed by atoms with Gasteiger partial charge in [-0.25, -0.2) is 19.3 Å². The summed E-state index contributed by atoms with van der Waals surface area (Å²) in [4.78, 5) is 31.4. The molecular formula is C52H54N6O6. The number of imidazole rings is 1. The highest BCUT2D eigenvalue weighted by atomic mass is 16.8. The summed E-state index contributed by atoms with van der Waals surface area (Å²) in [5, 5.41) is 25.1. The monoisotopic (exact) mass is 858 g/mol. The number of aliphatic hydroxyl groups is 1. The molecule has 0 radical (unpaired) electrons. The minimum Gasteiger partial charge on any atom is -0.431 e. The maximum atomic E-state index is 14.0. The van der Waals surface area contributed by atoms with Crippen molar-refractivity contribution < 1.29 is 28.9 Å². The topological polar surface area (TPSA) is 143 Å². The Morgan fingerprint density at radius 1 is 0.750 bits per heavy atom. The van der Waals surface area contributed by atoms with Crippen molar-refractivity contribution >= 4 is 12.1 Å². The van der Waals surface area contributed by atoms with Crippen LogP contribution >= 0.6 is 0 Å². The lowest BCUT2D eigenvalue weighted by atomic mass is 9.77. The molecule has 2 heterocycles. The molecule has 2 aromatic heterocycles. The Kier molecular flexibility index (Phi) is 13.1. The molecule has 0 bridgehead atoms. The molecule has 64 heavy (non-hydrogen) atoms. The molecule has 1 aliphatic carbocycles. The summed E-state index contributed by atoms with van der Waals surface area (Å²) in [6, 6.07) is 47.1. The maximum Gasteiger partial charge on any atom is 0.511 e. The lowest BCUT2D eigenvalue weighted by Gasteiger charge is -2.36. The van der Waals surface area contributed by atoms with E-state index in [0.29, 0.717) is 18.1 Å². The Balaban J connectivity index is 1.13. The van der Waals surface area contributed by atoms with Gasteiger partial charge in [-0.05, 0) is 89.8 Å². The molecule has 0 aliphatic heterocycles. The highest BCUT2D eigenvalue weighted by Gasteiger charge is 2.42. The van der Waals surface area contributed by atoms with Gasteiger partial charge in [0, 0.05) is 25.5 Å². The second kappa shape index (κ2) is 19.2. The Labute approximate surface area is 373 Å². The summed E-state index contributed by atoms with van der Waals surface area (Å²) in [6.45, 7) is 6.92. The zero-order valence-electron chi connectivity index (χ0n) is 36.8. The standard InChI is InChI=1S/C52H54N6O6/c1-5-20-45-53-47(51(3,4)61)46(49(59)62-36(2)63-50(60)64-42-27-16-9-17-28-42)57(45)35-37-31-33-38(34-32-37)43-29-18-19-30-44(43)48-54-55-56-58(48)52(39-21-10-6-11-22-39,40-23-12-7-13-24-40)41-25-14-8-15-26-41/h6-8,10-15,18-19,21-26,29-34,36,42,61H,5,9,16-17,20,27-28,35H2,1-4H3. The fourth-order valence-corrected chi connectivity index (χ4v) is 8.82. The van der Waals surface area contributed by atoms with E-state index >= 15 is 0 Å². The van der Waals surface area contributed by atoms with E-state index in [1.807, 2.05) is 109 Å². The molecule has 5 aromatic carbocycles. The third kappa shape index (κ3) is 9.10. The van der Waals surface area contributed by atoms with Gasteiger partial charge in [0.25, 0.3) is 0 Å². The van der Waals surface area contributed by atoms with E-state index in [0.717, 1.165) is 77.5 Å². The normalized spacial score (nSPS) is 13.9. The second-order valence-corrected chi connectivity index (χ2v) is 16.8. The van der Waals surface area contributed by atoms with Crippen molar-refractivity contribution in [2.45, 2.75) is 103 Å².